The van der Waals surface area contributed by atoms with Crippen molar-refractivity contribution in [3.63, 3.8) is 0 Å². The lowest BCUT2D eigenvalue weighted by atomic mass is 10.1. The lowest BCUT2D eigenvalue weighted by Gasteiger charge is -2.31. The van der Waals surface area contributed by atoms with Gasteiger partial charge in [0, 0.05) is 19.5 Å². The zero-order valence-electron chi connectivity index (χ0n) is 19.5. The Morgan fingerprint density at radius 2 is 1.89 bits per heavy atom. The normalized spacial score (nSPS) is 17.5. The molecule has 1 fully saturated rings. The summed E-state index contributed by atoms with van der Waals surface area (Å²) in [5, 5.41) is 8.42. The molecule has 2 aliphatic rings. The van der Waals surface area contributed by atoms with Gasteiger partial charge in [-0.25, -0.2) is 0 Å². The average molecular weight is 481 g/mol. The summed E-state index contributed by atoms with van der Waals surface area (Å²) in [5.41, 5.74) is 2.61. The van der Waals surface area contributed by atoms with Gasteiger partial charge in [-0.1, -0.05) is 30.3 Å². The fourth-order valence-electron chi connectivity index (χ4n) is 4.11. The molecule has 0 unspecified atom stereocenters. The monoisotopic (exact) mass is 480 g/mol. The molecule has 2 aromatic carbocycles. The van der Waals surface area contributed by atoms with Crippen molar-refractivity contribution >= 4 is 40.8 Å². The molecule has 0 saturated carbocycles. The van der Waals surface area contributed by atoms with E-state index in [2.05, 4.69) is 20.7 Å². The van der Waals surface area contributed by atoms with E-state index in [4.69, 9.17) is 4.74 Å². The first-order valence-electron chi connectivity index (χ1n) is 11.5. The van der Waals surface area contributed by atoms with Crippen LogP contribution in [0.4, 0.5) is 17.1 Å². The zero-order valence-corrected chi connectivity index (χ0v) is 19.5. The first kappa shape index (κ1) is 24.2. The molecule has 4 rings (SSSR count). The van der Waals surface area contributed by atoms with Crippen LogP contribution in [0.3, 0.4) is 0 Å². The predicted molar refractivity (Wildman–Crippen MR) is 129 cm³/mol. The molecule has 184 valence electrons. The average Bonchev–Trinajstić information content (AvgIpc) is 2.98. The Bertz CT molecular complexity index is 1110. The van der Waals surface area contributed by atoms with Gasteiger partial charge in [0.1, 0.15) is 6.04 Å². The van der Waals surface area contributed by atoms with Crippen molar-refractivity contribution in [3.8, 4) is 0 Å². The lowest BCUT2D eigenvalue weighted by molar-refractivity contribution is -0.140. The largest absolute Gasteiger partial charge is 0.469 e. The smallest absolute Gasteiger partial charge is 0.305 e. The summed E-state index contributed by atoms with van der Waals surface area (Å²) in [6, 6.07) is 11.8. The van der Waals surface area contributed by atoms with Crippen molar-refractivity contribution < 1.29 is 28.7 Å². The van der Waals surface area contributed by atoms with E-state index < -0.39 is 23.8 Å². The summed E-state index contributed by atoms with van der Waals surface area (Å²) in [6.07, 6.45) is 0.281. The van der Waals surface area contributed by atoms with Crippen LogP contribution in [-0.4, -0.2) is 63.1 Å². The maximum Gasteiger partial charge on any atom is 0.305 e. The minimum atomic E-state index is -0.892. The van der Waals surface area contributed by atoms with Crippen LogP contribution in [0.2, 0.25) is 0 Å². The van der Waals surface area contributed by atoms with Crippen molar-refractivity contribution in [2.45, 2.75) is 25.3 Å². The number of carbonyl (C=O) groups excluding carboxylic acids is 4. The summed E-state index contributed by atoms with van der Waals surface area (Å²) in [6.45, 7) is 2.23. The second kappa shape index (κ2) is 11.0. The first-order chi connectivity index (χ1) is 16.9. The van der Waals surface area contributed by atoms with E-state index in [1.165, 1.54) is 7.11 Å². The standard InChI is InChI=1S/C25H28N4O6/c1-34-23(31)8-7-18-25(33)28-19-15-20(26-22(30)13-16-5-3-2-4-6-16)21(14-17(19)24(32)27-18)29-9-11-35-12-10-29/h2-6,14-15,18H,7-13H2,1H3,(H,26,30)(H,27,32)(H,28,33)/t18-/m1/s1. The summed E-state index contributed by atoms with van der Waals surface area (Å²) in [7, 11) is 1.27. The van der Waals surface area contributed by atoms with Crippen molar-refractivity contribution in [3.05, 3.63) is 53.6 Å². The molecule has 3 amide bonds. The SMILES string of the molecule is COC(=O)CC[C@H]1NC(=O)c2cc(N3CCOCC3)c(NC(=O)Cc3ccccc3)cc2NC1=O. The van der Waals surface area contributed by atoms with Crippen LogP contribution >= 0.6 is 0 Å². The van der Waals surface area contributed by atoms with Gasteiger partial charge in [0.25, 0.3) is 5.91 Å². The van der Waals surface area contributed by atoms with Crippen LogP contribution in [0.25, 0.3) is 0 Å². The van der Waals surface area contributed by atoms with E-state index in [-0.39, 0.29) is 30.7 Å². The fraction of sp³-hybridized carbons (Fsp3) is 0.360. The minimum absolute atomic E-state index is 0.00890. The molecule has 0 bridgehead atoms. The fourth-order valence-corrected chi connectivity index (χ4v) is 4.11. The summed E-state index contributed by atoms with van der Waals surface area (Å²) in [4.78, 5) is 52.2. The van der Waals surface area contributed by atoms with E-state index in [0.717, 1.165) is 5.56 Å². The molecule has 0 aromatic heterocycles. The third-order valence-electron chi connectivity index (χ3n) is 5.96. The van der Waals surface area contributed by atoms with Gasteiger partial charge in [0.2, 0.25) is 11.8 Å². The number of carbonyl (C=O) groups is 4. The predicted octanol–water partition coefficient (Wildman–Crippen LogP) is 1.71. The molecule has 3 N–H and O–H groups in total. The van der Waals surface area contributed by atoms with Crippen LogP contribution in [0.1, 0.15) is 28.8 Å². The maximum atomic E-state index is 13.0. The number of hydrogen-bond acceptors (Lipinski definition) is 7. The number of fused-ring (bicyclic) bond motifs is 1. The van der Waals surface area contributed by atoms with E-state index in [1.54, 1.807) is 12.1 Å². The van der Waals surface area contributed by atoms with Crippen molar-refractivity contribution in [2.75, 3.05) is 48.9 Å². The molecule has 2 aliphatic heterocycles. The molecule has 0 aliphatic carbocycles. The number of ether oxygens (including phenoxy) is 2. The van der Waals surface area contributed by atoms with E-state index in [0.29, 0.717) is 43.4 Å². The Labute approximate surface area is 203 Å². The van der Waals surface area contributed by atoms with E-state index in [9.17, 15) is 19.2 Å². The van der Waals surface area contributed by atoms with Crippen LogP contribution in [0, 0.1) is 0 Å². The Morgan fingerprint density at radius 3 is 2.60 bits per heavy atom. The van der Waals surface area contributed by atoms with E-state index in [1.807, 2.05) is 35.2 Å². The Balaban J connectivity index is 1.62. The number of morpholine rings is 1. The maximum absolute atomic E-state index is 13.0. The number of benzene rings is 2. The number of amides is 3. The van der Waals surface area contributed by atoms with Gasteiger partial charge in [0.15, 0.2) is 0 Å². The lowest BCUT2D eigenvalue weighted by Crippen LogP contribution is -2.41. The Kier molecular flexibility index (Phi) is 7.61. The number of hydrogen-bond donors (Lipinski definition) is 3. The van der Waals surface area contributed by atoms with Crippen LogP contribution in [0.5, 0.6) is 0 Å². The third-order valence-corrected chi connectivity index (χ3v) is 5.96. The topological polar surface area (TPSA) is 126 Å². The molecular weight excluding hydrogens is 452 g/mol. The number of anilines is 3. The number of nitrogens with zero attached hydrogens (tertiary/aromatic N) is 1. The van der Waals surface area contributed by atoms with Gasteiger partial charge in [-0.2, -0.15) is 0 Å². The Morgan fingerprint density at radius 1 is 1.14 bits per heavy atom. The minimum Gasteiger partial charge on any atom is -0.469 e. The second-order valence-corrected chi connectivity index (χ2v) is 8.36. The van der Waals surface area contributed by atoms with Gasteiger partial charge >= 0.3 is 5.97 Å². The highest BCUT2D eigenvalue weighted by atomic mass is 16.5. The van der Waals surface area contributed by atoms with Gasteiger partial charge in [0.05, 0.1) is 49.4 Å². The zero-order chi connectivity index (χ0) is 24.8. The summed E-state index contributed by atoms with van der Waals surface area (Å²) in [5.74, 6) is -1.57. The molecule has 0 radical (unpaired) electrons. The molecule has 1 atom stereocenters. The van der Waals surface area contributed by atoms with Crippen LogP contribution < -0.4 is 20.9 Å². The molecule has 2 aromatic rings. The highest BCUT2D eigenvalue weighted by Gasteiger charge is 2.30. The van der Waals surface area contributed by atoms with Crippen LogP contribution in [0.15, 0.2) is 42.5 Å². The van der Waals surface area contributed by atoms with E-state index >= 15 is 0 Å². The molecule has 10 heteroatoms. The quantitative estimate of drug-likeness (QED) is 0.515. The first-order valence-corrected chi connectivity index (χ1v) is 11.5. The number of rotatable bonds is 7. The van der Waals surface area contributed by atoms with Crippen LogP contribution in [-0.2, 0) is 30.3 Å². The van der Waals surface area contributed by atoms with Crippen molar-refractivity contribution in [2.24, 2.45) is 0 Å². The summed E-state index contributed by atoms with van der Waals surface area (Å²) < 4.78 is 10.1. The van der Waals surface area contributed by atoms with Gasteiger partial charge in [-0.3, -0.25) is 19.2 Å². The molecule has 1 saturated heterocycles. The molecule has 10 nitrogen and oxygen atoms in total. The molecule has 0 spiro atoms. The molecule has 35 heavy (non-hydrogen) atoms. The Hall–Kier alpha value is -3.92. The number of nitrogens with one attached hydrogen (secondary N) is 3. The van der Waals surface area contributed by atoms with Gasteiger partial charge in [-0.05, 0) is 24.1 Å². The van der Waals surface area contributed by atoms with Gasteiger partial charge < -0.3 is 30.3 Å². The van der Waals surface area contributed by atoms with Crippen molar-refractivity contribution in [1.29, 1.82) is 0 Å². The summed E-state index contributed by atoms with van der Waals surface area (Å²) >= 11 is 0. The third kappa shape index (κ3) is 5.96. The molecule has 2 heterocycles. The highest BCUT2D eigenvalue weighted by Crippen LogP contribution is 2.34. The molecular formula is C25H28N4O6. The second-order valence-electron chi connectivity index (χ2n) is 8.36. The van der Waals surface area contributed by atoms with Crippen molar-refractivity contribution in [1.82, 2.24) is 5.32 Å². The number of esters is 1. The van der Waals surface area contributed by atoms with Gasteiger partial charge in [-0.15, -0.1) is 0 Å². The number of methoxy groups -OCH3 is 1. The highest BCUT2D eigenvalue weighted by molar-refractivity contribution is 6.12.